The van der Waals surface area contributed by atoms with Crippen LogP contribution in [-0.2, 0) is 9.59 Å². The highest BCUT2D eigenvalue weighted by molar-refractivity contribution is 6.07. The van der Waals surface area contributed by atoms with E-state index in [4.69, 9.17) is 5.11 Å². The Balaban J connectivity index is 2.32. The number of β-amino-alcohol motifs (C(OH)–C–C–N with tert-alkyl or cyclic N) is 1. The van der Waals surface area contributed by atoms with Gasteiger partial charge < -0.3 is 5.11 Å². The van der Waals surface area contributed by atoms with Crippen molar-refractivity contribution in [3.8, 4) is 0 Å². The van der Waals surface area contributed by atoms with Crippen LogP contribution in [0.5, 0.6) is 0 Å². The van der Waals surface area contributed by atoms with E-state index in [-0.39, 0.29) is 30.9 Å². The summed E-state index contributed by atoms with van der Waals surface area (Å²) in [5.74, 6) is -0.474. The van der Waals surface area contributed by atoms with Gasteiger partial charge in [-0.2, -0.15) is 0 Å². The molecule has 1 aliphatic carbocycles. The second-order valence-electron chi connectivity index (χ2n) is 4.40. The van der Waals surface area contributed by atoms with Gasteiger partial charge in [-0.05, 0) is 19.8 Å². The van der Waals surface area contributed by atoms with Crippen molar-refractivity contribution in [2.75, 3.05) is 13.2 Å². The van der Waals surface area contributed by atoms with E-state index in [2.05, 4.69) is 0 Å². The van der Waals surface area contributed by atoms with Crippen LogP contribution in [0.1, 0.15) is 19.8 Å². The van der Waals surface area contributed by atoms with Crippen LogP contribution in [0.2, 0.25) is 0 Å². The molecule has 0 aromatic carbocycles. The number of hydrogen-bond donors (Lipinski definition) is 1. The van der Waals surface area contributed by atoms with Gasteiger partial charge in [-0.25, -0.2) is 0 Å². The molecule has 1 aliphatic heterocycles. The Morgan fingerprint density at radius 1 is 1.53 bits per heavy atom. The van der Waals surface area contributed by atoms with Gasteiger partial charge in [0, 0.05) is 0 Å². The molecule has 2 aliphatic rings. The van der Waals surface area contributed by atoms with Gasteiger partial charge in [-0.3, -0.25) is 14.5 Å². The van der Waals surface area contributed by atoms with E-state index in [1.54, 1.807) is 0 Å². The van der Waals surface area contributed by atoms with E-state index in [9.17, 15) is 9.59 Å². The van der Waals surface area contributed by atoms with Crippen LogP contribution in [-0.4, -0.2) is 35.0 Å². The minimum absolute atomic E-state index is 0.124. The number of carbonyl (C=O) groups excluding carboxylic acids is 2. The van der Waals surface area contributed by atoms with E-state index in [1.165, 1.54) is 4.90 Å². The molecule has 2 atom stereocenters. The number of rotatable bonds is 2. The highest BCUT2D eigenvalue weighted by Gasteiger charge is 2.55. The summed E-state index contributed by atoms with van der Waals surface area (Å²) in [7, 11) is 0. The second-order valence-corrected chi connectivity index (χ2v) is 4.40. The largest absolute Gasteiger partial charge is 0.395 e. The number of imide groups is 1. The number of likely N-dealkylation sites (tertiary alicyclic amines) is 1. The molecular weight excluding hydrogens is 194 g/mol. The molecule has 0 unspecified atom stereocenters. The number of aliphatic hydroxyl groups excluding tert-OH is 1. The normalized spacial score (nSPS) is 34.8. The summed E-state index contributed by atoms with van der Waals surface area (Å²) in [6.07, 6.45) is 5.19. The van der Waals surface area contributed by atoms with Crippen molar-refractivity contribution in [1.29, 1.82) is 0 Å². The first-order valence-corrected chi connectivity index (χ1v) is 5.23. The van der Waals surface area contributed by atoms with E-state index in [1.807, 2.05) is 19.1 Å². The van der Waals surface area contributed by atoms with Crippen LogP contribution >= 0.6 is 0 Å². The van der Waals surface area contributed by atoms with Crippen LogP contribution in [0.3, 0.4) is 0 Å². The molecule has 2 rings (SSSR count). The molecule has 0 bridgehead atoms. The van der Waals surface area contributed by atoms with Crippen molar-refractivity contribution in [3.63, 3.8) is 0 Å². The van der Waals surface area contributed by atoms with Gasteiger partial charge in [-0.15, -0.1) is 0 Å². The van der Waals surface area contributed by atoms with Gasteiger partial charge in [-0.1, -0.05) is 12.2 Å². The van der Waals surface area contributed by atoms with Crippen molar-refractivity contribution >= 4 is 11.8 Å². The molecule has 4 nitrogen and oxygen atoms in total. The number of amides is 2. The Labute approximate surface area is 88.6 Å². The van der Waals surface area contributed by atoms with Crippen LogP contribution in [0.25, 0.3) is 0 Å². The zero-order valence-corrected chi connectivity index (χ0v) is 8.77. The smallest absolute Gasteiger partial charge is 0.236 e. The maximum atomic E-state index is 12.0. The highest BCUT2D eigenvalue weighted by atomic mass is 16.3. The molecule has 0 radical (unpaired) electrons. The van der Waals surface area contributed by atoms with E-state index in [0.717, 1.165) is 0 Å². The zero-order valence-electron chi connectivity index (χ0n) is 8.77. The molecule has 1 N–H and O–H groups in total. The summed E-state index contributed by atoms with van der Waals surface area (Å²) in [4.78, 5) is 25.1. The van der Waals surface area contributed by atoms with E-state index in [0.29, 0.717) is 12.8 Å². The molecule has 0 aromatic rings. The molecule has 0 spiro atoms. The van der Waals surface area contributed by atoms with Crippen LogP contribution in [0.4, 0.5) is 0 Å². The predicted octanol–water partition coefficient (Wildman–Crippen LogP) is 0.320. The third-order valence-electron chi connectivity index (χ3n) is 3.47. The number of hydrogen-bond acceptors (Lipinski definition) is 3. The fourth-order valence-corrected chi connectivity index (χ4v) is 2.48. The lowest BCUT2D eigenvalue weighted by Crippen LogP contribution is -2.36. The number of fused-ring (bicyclic) bond motifs is 1. The van der Waals surface area contributed by atoms with Crippen molar-refractivity contribution < 1.29 is 14.7 Å². The maximum Gasteiger partial charge on any atom is 0.236 e. The number of nitrogens with zero attached hydrogens (tertiary/aromatic N) is 1. The quantitative estimate of drug-likeness (QED) is 0.526. The van der Waals surface area contributed by atoms with Gasteiger partial charge in [0.1, 0.15) is 0 Å². The molecule has 1 heterocycles. The molecule has 0 aromatic heterocycles. The fraction of sp³-hybridized carbons (Fsp3) is 0.636. The first-order valence-electron chi connectivity index (χ1n) is 5.23. The molecule has 4 heteroatoms. The molecule has 15 heavy (non-hydrogen) atoms. The third-order valence-corrected chi connectivity index (χ3v) is 3.47. The minimum atomic E-state index is -0.568. The lowest BCUT2D eigenvalue weighted by Gasteiger charge is -2.27. The zero-order chi connectivity index (χ0) is 11.1. The number of carbonyl (C=O) groups is 2. The molecule has 0 saturated carbocycles. The molecular formula is C11H15NO3. The Hall–Kier alpha value is -1.16. The average Bonchev–Trinajstić information content (AvgIpc) is 2.41. The lowest BCUT2D eigenvalue weighted by atomic mass is 9.72. The first kappa shape index (κ1) is 10.4. The fourth-order valence-electron chi connectivity index (χ4n) is 2.48. The molecule has 82 valence electrons. The van der Waals surface area contributed by atoms with Crippen molar-refractivity contribution in [2.24, 2.45) is 11.3 Å². The molecule has 2 amide bonds. The van der Waals surface area contributed by atoms with Crippen LogP contribution < -0.4 is 0 Å². The van der Waals surface area contributed by atoms with Gasteiger partial charge in [0.05, 0.1) is 24.5 Å². The molecule has 1 saturated heterocycles. The second kappa shape index (κ2) is 3.45. The summed E-state index contributed by atoms with van der Waals surface area (Å²) in [6.45, 7) is 1.82. The summed E-state index contributed by atoms with van der Waals surface area (Å²) in [6, 6.07) is 0. The van der Waals surface area contributed by atoms with Crippen molar-refractivity contribution in [1.82, 2.24) is 4.90 Å². The summed E-state index contributed by atoms with van der Waals surface area (Å²) < 4.78 is 0. The van der Waals surface area contributed by atoms with Crippen molar-refractivity contribution in [3.05, 3.63) is 12.2 Å². The maximum absolute atomic E-state index is 12.0. The van der Waals surface area contributed by atoms with E-state index >= 15 is 0 Å². The van der Waals surface area contributed by atoms with Crippen molar-refractivity contribution in [2.45, 2.75) is 19.8 Å². The summed E-state index contributed by atoms with van der Waals surface area (Å²) >= 11 is 0. The van der Waals surface area contributed by atoms with Gasteiger partial charge in [0.2, 0.25) is 11.8 Å². The summed E-state index contributed by atoms with van der Waals surface area (Å²) in [5.41, 5.74) is -0.568. The number of allylic oxidation sites excluding steroid dienone is 2. The van der Waals surface area contributed by atoms with Crippen LogP contribution in [0.15, 0.2) is 12.2 Å². The average molecular weight is 209 g/mol. The number of aliphatic hydroxyl groups is 1. The first-order chi connectivity index (χ1) is 7.11. The Bertz CT molecular complexity index is 337. The lowest BCUT2D eigenvalue weighted by molar-refractivity contribution is -0.141. The highest BCUT2D eigenvalue weighted by Crippen LogP contribution is 2.45. The summed E-state index contributed by atoms with van der Waals surface area (Å²) in [5, 5.41) is 8.82. The predicted molar refractivity (Wildman–Crippen MR) is 53.8 cm³/mol. The van der Waals surface area contributed by atoms with E-state index < -0.39 is 5.41 Å². The van der Waals surface area contributed by atoms with Gasteiger partial charge >= 0.3 is 0 Å². The Morgan fingerprint density at radius 2 is 2.27 bits per heavy atom. The van der Waals surface area contributed by atoms with Gasteiger partial charge in [0.15, 0.2) is 0 Å². The SMILES string of the molecule is C[C@]12CC=CC[C@@H]1C(=O)N(CCO)C2=O. The van der Waals surface area contributed by atoms with Crippen LogP contribution in [0, 0.1) is 11.3 Å². The van der Waals surface area contributed by atoms with Gasteiger partial charge in [0.25, 0.3) is 0 Å². The Morgan fingerprint density at radius 3 is 2.87 bits per heavy atom. The topological polar surface area (TPSA) is 57.6 Å². The molecule has 1 fully saturated rings. The monoisotopic (exact) mass is 209 g/mol. The standard InChI is InChI=1S/C11H15NO3/c1-11-5-3-2-4-8(11)9(14)12(6-7-13)10(11)15/h2-3,8,13H,4-7H2,1H3/t8-,11+/m1/s1. The third kappa shape index (κ3) is 1.32. The minimum Gasteiger partial charge on any atom is -0.395 e. The Kier molecular flexibility index (Phi) is 2.38.